The van der Waals surface area contributed by atoms with Gasteiger partial charge in [-0.3, -0.25) is 0 Å². The van der Waals surface area contributed by atoms with Crippen molar-refractivity contribution in [1.82, 2.24) is 4.98 Å². The van der Waals surface area contributed by atoms with Gasteiger partial charge in [-0.1, -0.05) is 42.5 Å². The van der Waals surface area contributed by atoms with Crippen LogP contribution in [0.5, 0.6) is 5.75 Å². The molecule has 1 aromatic heterocycles. The Hall–Kier alpha value is -2.80. The largest absolute Gasteiger partial charge is 0.455 e. The minimum Gasteiger partial charge on any atom is -0.455 e. The Morgan fingerprint density at radius 1 is 1.08 bits per heavy atom. The van der Waals surface area contributed by atoms with E-state index in [2.05, 4.69) is 9.72 Å². The van der Waals surface area contributed by atoms with E-state index in [-0.39, 0.29) is 17.9 Å². The van der Waals surface area contributed by atoms with E-state index >= 15 is 0 Å². The predicted octanol–water partition coefficient (Wildman–Crippen LogP) is 4.77. The van der Waals surface area contributed by atoms with E-state index < -0.39 is 12.6 Å². The number of carbonyl (C=O) groups excluding carboxylic acids is 1. The molecule has 3 rings (SSSR count). The van der Waals surface area contributed by atoms with Gasteiger partial charge in [0.15, 0.2) is 0 Å². The fraction of sp³-hybridized carbons (Fsp3) is 0.111. The van der Waals surface area contributed by atoms with Gasteiger partial charge in [0.1, 0.15) is 22.9 Å². The fourth-order valence-corrected chi connectivity index (χ4v) is 2.95. The van der Waals surface area contributed by atoms with Gasteiger partial charge < -0.3 is 9.47 Å². The minimum absolute atomic E-state index is 0.0504. The number of nitrogens with zero attached hydrogens (tertiary/aromatic N) is 1. The topological polar surface area (TPSA) is 48.4 Å². The summed E-state index contributed by atoms with van der Waals surface area (Å²) in [5.74, 6) is -0.962. The van der Waals surface area contributed by atoms with Crippen LogP contribution in [0.3, 0.4) is 0 Å². The molecule has 2 aromatic carbocycles. The van der Waals surface area contributed by atoms with Crippen LogP contribution in [-0.2, 0) is 11.3 Å². The summed E-state index contributed by atoms with van der Waals surface area (Å²) in [6.07, 6.45) is 0. The van der Waals surface area contributed by atoms with Crippen LogP contribution >= 0.6 is 11.3 Å². The maximum atomic E-state index is 12.4. The second kappa shape index (κ2) is 7.85. The van der Waals surface area contributed by atoms with Gasteiger partial charge in [-0.15, -0.1) is 11.3 Å². The second-order valence-corrected chi connectivity index (χ2v) is 5.82. The molecule has 25 heavy (non-hydrogen) atoms. The van der Waals surface area contributed by atoms with Gasteiger partial charge in [0.25, 0.3) is 0 Å². The summed E-state index contributed by atoms with van der Waals surface area (Å²) in [7, 11) is 0. The summed E-state index contributed by atoms with van der Waals surface area (Å²) in [5, 5.41) is 2.60. The summed E-state index contributed by atoms with van der Waals surface area (Å²) in [4.78, 5) is 16.5. The summed E-state index contributed by atoms with van der Waals surface area (Å²) in [6.45, 7) is -3.06. The highest BCUT2D eigenvalue weighted by molar-refractivity contribution is 7.13. The molecule has 1 heterocycles. The molecule has 0 saturated carbocycles. The third kappa shape index (κ3) is 4.39. The number of ether oxygens (including phenoxy) is 2. The Bertz CT molecular complexity index is 852. The number of rotatable bonds is 6. The normalized spacial score (nSPS) is 10.7. The van der Waals surface area contributed by atoms with Crippen molar-refractivity contribution in [3.63, 3.8) is 0 Å². The van der Waals surface area contributed by atoms with E-state index in [0.29, 0.717) is 5.69 Å². The number of aromatic nitrogens is 1. The smallest absolute Gasteiger partial charge is 0.387 e. The first-order valence-corrected chi connectivity index (χ1v) is 8.22. The minimum atomic E-state index is -3.01. The van der Waals surface area contributed by atoms with Crippen molar-refractivity contribution in [1.29, 1.82) is 0 Å². The van der Waals surface area contributed by atoms with Crippen molar-refractivity contribution in [2.45, 2.75) is 13.2 Å². The van der Waals surface area contributed by atoms with Crippen molar-refractivity contribution in [3.8, 4) is 16.3 Å². The molecule has 0 aliphatic carbocycles. The number of alkyl halides is 2. The van der Waals surface area contributed by atoms with Crippen LogP contribution in [0.1, 0.15) is 16.1 Å². The first-order valence-electron chi connectivity index (χ1n) is 7.34. The van der Waals surface area contributed by atoms with Crippen molar-refractivity contribution in [3.05, 3.63) is 71.2 Å². The van der Waals surface area contributed by atoms with Gasteiger partial charge in [-0.05, 0) is 12.1 Å². The first kappa shape index (κ1) is 17.0. The van der Waals surface area contributed by atoms with E-state index in [0.717, 1.165) is 10.6 Å². The molecule has 0 bridgehead atoms. The van der Waals surface area contributed by atoms with Crippen molar-refractivity contribution >= 4 is 17.3 Å². The summed E-state index contributed by atoms with van der Waals surface area (Å²) >= 11 is 1.44. The Kier molecular flexibility index (Phi) is 5.35. The van der Waals surface area contributed by atoms with E-state index in [1.165, 1.54) is 29.5 Å². The second-order valence-electron chi connectivity index (χ2n) is 4.96. The lowest BCUT2D eigenvalue weighted by molar-refractivity contribution is -0.0505. The molecule has 4 nitrogen and oxygen atoms in total. The van der Waals surface area contributed by atoms with Crippen LogP contribution in [0.25, 0.3) is 10.6 Å². The average Bonchev–Trinajstić information content (AvgIpc) is 3.09. The number of hydrogen-bond donors (Lipinski definition) is 0. The zero-order chi connectivity index (χ0) is 17.6. The monoisotopic (exact) mass is 361 g/mol. The Morgan fingerprint density at radius 3 is 2.56 bits per heavy atom. The number of hydrogen-bond acceptors (Lipinski definition) is 5. The van der Waals surface area contributed by atoms with Crippen LogP contribution in [-0.4, -0.2) is 17.6 Å². The van der Waals surface area contributed by atoms with Crippen LogP contribution in [0.4, 0.5) is 8.78 Å². The molecule has 0 aliphatic heterocycles. The molecule has 0 unspecified atom stereocenters. The summed E-state index contributed by atoms with van der Waals surface area (Å²) in [6, 6.07) is 15.3. The molecule has 0 radical (unpaired) electrons. The van der Waals surface area contributed by atoms with Gasteiger partial charge in [0.2, 0.25) is 0 Å². The highest BCUT2D eigenvalue weighted by Gasteiger charge is 2.17. The molecule has 0 atom stereocenters. The summed E-state index contributed by atoms with van der Waals surface area (Å²) < 4.78 is 34.3. The van der Waals surface area contributed by atoms with Gasteiger partial charge in [-0.2, -0.15) is 8.78 Å². The lowest BCUT2D eigenvalue weighted by Gasteiger charge is -2.09. The SMILES string of the molecule is O=C(OCc1csc(-c2ccccc2)n1)c1ccccc1OC(F)F. The number of thiazole rings is 1. The lowest BCUT2D eigenvalue weighted by atomic mass is 10.2. The van der Waals surface area contributed by atoms with E-state index in [1.54, 1.807) is 11.4 Å². The molecule has 128 valence electrons. The first-order chi connectivity index (χ1) is 12.1. The number of carbonyl (C=O) groups is 1. The van der Waals surface area contributed by atoms with Gasteiger partial charge in [0, 0.05) is 10.9 Å². The van der Waals surface area contributed by atoms with Gasteiger partial charge in [0.05, 0.1) is 5.69 Å². The van der Waals surface area contributed by atoms with Crippen molar-refractivity contribution in [2.24, 2.45) is 0 Å². The maximum absolute atomic E-state index is 12.4. The van der Waals surface area contributed by atoms with Crippen LogP contribution in [0, 0.1) is 0 Å². The van der Waals surface area contributed by atoms with Crippen molar-refractivity contribution in [2.75, 3.05) is 0 Å². The zero-order valence-electron chi connectivity index (χ0n) is 12.9. The number of esters is 1. The van der Waals surface area contributed by atoms with Crippen molar-refractivity contribution < 1.29 is 23.0 Å². The fourth-order valence-electron chi connectivity index (χ4n) is 2.14. The molecule has 3 aromatic rings. The number of benzene rings is 2. The average molecular weight is 361 g/mol. The highest BCUT2D eigenvalue weighted by Crippen LogP contribution is 2.25. The zero-order valence-corrected chi connectivity index (χ0v) is 13.7. The number of para-hydroxylation sites is 1. The quantitative estimate of drug-likeness (QED) is 0.594. The highest BCUT2D eigenvalue weighted by atomic mass is 32.1. The predicted molar refractivity (Wildman–Crippen MR) is 89.7 cm³/mol. The van der Waals surface area contributed by atoms with Crippen LogP contribution in [0.2, 0.25) is 0 Å². The van der Waals surface area contributed by atoms with Crippen LogP contribution < -0.4 is 4.74 Å². The molecule has 0 spiro atoms. The molecule has 0 saturated heterocycles. The van der Waals surface area contributed by atoms with E-state index in [1.807, 2.05) is 30.3 Å². The third-order valence-corrected chi connectivity index (χ3v) is 4.19. The van der Waals surface area contributed by atoms with Gasteiger partial charge in [-0.25, -0.2) is 9.78 Å². The lowest BCUT2D eigenvalue weighted by Crippen LogP contribution is -2.10. The van der Waals surface area contributed by atoms with E-state index in [9.17, 15) is 13.6 Å². The molecule has 0 N–H and O–H groups in total. The Morgan fingerprint density at radius 2 is 1.80 bits per heavy atom. The standard InChI is InChI=1S/C18H13F2NO3S/c19-18(20)24-15-9-5-4-8-14(15)17(22)23-10-13-11-25-16(21-13)12-6-2-1-3-7-12/h1-9,11,18H,10H2. The molecule has 0 fully saturated rings. The summed E-state index contributed by atoms with van der Waals surface area (Å²) in [5.41, 5.74) is 1.51. The van der Waals surface area contributed by atoms with Crippen LogP contribution in [0.15, 0.2) is 60.0 Å². The number of halogens is 2. The molecule has 0 amide bonds. The van der Waals surface area contributed by atoms with Gasteiger partial charge >= 0.3 is 12.6 Å². The van der Waals surface area contributed by atoms with E-state index in [4.69, 9.17) is 4.74 Å². The molecular weight excluding hydrogens is 348 g/mol. The Balaban J connectivity index is 1.66. The molecular formula is C18H13F2NO3S. The molecule has 0 aliphatic rings. The maximum Gasteiger partial charge on any atom is 0.387 e. The Labute approximate surface area is 146 Å². The molecule has 7 heteroatoms. The third-order valence-electron chi connectivity index (χ3n) is 3.25.